The summed E-state index contributed by atoms with van der Waals surface area (Å²) in [5, 5.41) is 0.607. The van der Waals surface area contributed by atoms with E-state index in [0.717, 1.165) is 0 Å². The molecule has 4 rings (SSSR count). The van der Waals surface area contributed by atoms with Crippen LogP contribution in [0.15, 0.2) is 48.5 Å². The van der Waals surface area contributed by atoms with Gasteiger partial charge < -0.3 is 14.5 Å². The fraction of sp³-hybridized carbons (Fsp3) is 0.292. The highest BCUT2D eigenvalue weighted by molar-refractivity contribution is 6.01. The number of halogens is 3. The Balaban J connectivity index is 1.98. The third-order valence-corrected chi connectivity index (χ3v) is 6.02. The first kappa shape index (κ1) is 23.3. The second kappa shape index (κ2) is 8.85. The predicted molar refractivity (Wildman–Crippen MR) is 116 cm³/mol. The van der Waals surface area contributed by atoms with Crippen LogP contribution in [0.3, 0.4) is 0 Å². The molecule has 1 aliphatic rings. The van der Waals surface area contributed by atoms with Crippen molar-refractivity contribution in [3.63, 3.8) is 0 Å². The molecule has 2 atom stereocenters. The minimum absolute atomic E-state index is 0.0476. The molecular formula is C24H21F3N2O5. The van der Waals surface area contributed by atoms with E-state index in [0.29, 0.717) is 26.9 Å². The van der Waals surface area contributed by atoms with E-state index in [1.54, 1.807) is 36.4 Å². The number of aromatic nitrogens is 1. The molecule has 0 unspecified atom stereocenters. The molecular weight excluding hydrogens is 453 g/mol. The van der Waals surface area contributed by atoms with Crippen molar-refractivity contribution in [3.8, 4) is 0 Å². The van der Waals surface area contributed by atoms with Gasteiger partial charge in [0.05, 0.1) is 33.1 Å². The van der Waals surface area contributed by atoms with Gasteiger partial charge in [0, 0.05) is 28.2 Å². The average Bonchev–Trinajstić information content (AvgIpc) is 3.33. The topological polar surface area (TPSA) is 88.7 Å². The van der Waals surface area contributed by atoms with Gasteiger partial charge in [0.1, 0.15) is 0 Å². The average molecular weight is 474 g/mol. The summed E-state index contributed by atoms with van der Waals surface area (Å²) in [4.78, 5) is 41.0. The number of fused-ring (bicyclic) bond motifs is 2. The molecule has 34 heavy (non-hydrogen) atoms. The number of hydrogen-bond acceptors (Lipinski definition) is 5. The van der Waals surface area contributed by atoms with Crippen LogP contribution in [0.4, 0.5) is 18.9 Å². The van der Waals surface area contributed by atoms with Crippen LogP contribution in [0.25, 0.3) is 10.9 Å². The van der Waals surface area contributed by atoms with Crippen molar-refractivity contribution in [2.45, 2.75) is 31.0 Å². The van der Waals surface area contributed by atoms with E-state index < -0.39 is 36.0 Å². The molecule has 3 aromatic rings. The number of para-hydroxylation sites is 2. The second-order valence-corrected chi connectivity index (χ2v) is 7.88. The van der Waals surface area contributed by atoms with Crippen LogP contribution in [-0.2, 0) is 30.3 Å². The van der Waals surface area contributed by atoms with Crippen LogP contribution in [0.2, 0.25) is 0 Å². The third kappa shape index (κ3) is 4.00. The molecule has 1 aliphatic heterocycles. The van der Waals surface area contributed by atoms with E-state index >= 15 is 0 Å². The number of nitrogens with one attached hydrogen (secondary N) is 1. The molecule has 0 radical (unpaired) electrons. The minimum atomic E-state index is -5.17. The number of carbonyl (C=O) groups excluding carboxylic acids is 3. The molecule has 1 amide bonds. The van der Waals surface area contributed by atoms with Gasteiger partial charge in [-0.2, -0.15) is 13.2 Å². The van der Waals surface area contributed by atoms with E-state index in [9.17, 15) is 27.6 Å². The first-order chi connectivity index (χ1) is 16.2. The van der Waals surface area contributed by atoms with E-state index in [1.807, 2.05) is 0 Å². The molecule has 0 saturated heterocycles. The van der Waals surface area contributed by atoms with Crippen molar-refractivity contribution in [2.75, 3.05) is 19.1 Å². The predicted octanol–water partition coefficient (Wildman–Crippen LogP) is 4.18. The summed E-state index contributed by atoms with van der Waals surface area (Å²) < 4.78 is 50.8. The van der Waals surface area contributed by atoms with E-state index in [4.69, 9.17) is 9.47 Å². The van der Waals surface area contributed by atoms with Crippen LogP contribution in [0.5, 0.6) is 0 Å². The van der Waals surface area contributed by atoms with Gasteiger partial charge in [0.2, 0.25) is 0 Å². The summed E-state index contributed by atoms with van der Waals surface area (Å²) in [6.07, 6.45) is -5.67. The fourth-order valence-corrected chi connectivity index (χ4v) is 4.59. The molecule has 0 fully saturated rings. The summed E-state index contributed by atoms with van der Waals surface area (Å²) in [5.41, 5.74) is 1.65. The van der Waals surface area contributed by atoms with Crippen molar-refractivity contribution in [1.82, 2.24) is 4.98 Å². The highest BCUT2D eigenvalue weighted by atomic mass is 19.4. The molecule has 1 N–H and O–H groups in total. The van der Waals surface area contributed by atoms with E-state index in [-0.39, 0.29) is 24.2 Å². The standard InChI is InChI=1S/C24H21F3N2O5/c1-33-19(30)11-15-13-7-3-5-9-17(13)28-21(15)22-16(12-20(31)34-2)14-8-4-6-10-18(14)29(22)23(32)24(25,26)27/h3-10,16,22,28H,11-12H2,1-2H3/t16-,22-/m1/s1. The van der Waals surface area contributed by atoms with Crippen molar-refractivity contribution >= 4 is 34.4 Å². The molecule has 7 nitrogen and oxygen atoms in total. The Labute approximate surface area is 192 Å². The number of methoxy groups -OCH3 is 2. The number of aromatic amines is 1. The number of amides is 1. The van der Waals surface area contributed by atoms with Gasteiger partial charge in [-0.25, -0.2) is 0 Å². The van der Waals surface area contributed by atoms with Crippen LogP contribution in [-0.4, -0.2) is 43.2 Å². The Morgan fingerprint density at radius 1 is 0.971 bits per heavy atom. The highest BCUT2D eigenvalue weighted by Crippen LogP contribution is 2.52. The lowest BCUT2D eigenvalue weighted by Gasteiger charge is -2.29. The Bertz CT molecular complexity index is 1270. The number of carbonyl (C=O) groups is 3. The van der Waals surface area contributed by atoms with Gasteiger partial charge >= 0.3 is 24.0 Å². The Morgan fingerprint density at radius 2 is 1.62 bits per heavy atom. The smallest absolute Gasteiger partial charge is 0.469 e. The van der Waals surface area contributed by atoms with Crippen molar-refractivity contribution < 1.29 is 37.0 Å². The molecule has 10 heteroatoms. The maximum absolute atomic E-state index is 13.7. The number of rotatable bonds is 5. The van der Waals surface area contributed by atoms with E-state index in [1.165, 1.54) is 26.4 Å². The van der Waals surface area contributed by atoms with Crippen LogP contribution < -0.4 is 4.90 Å². The maximum Gasteiger partial charge on any atom is 0.471 e. The van der Waals surface area contributed by atoms with Gasteiger partial charge in [-0.15, -0.1) is 0 Å². The third-order valence-electron chi connectivity index (χ3n) is 6.02. The molecule has 2 aromatic carbocycles. The summed E-state index contributed by atoms with van der Waals surface area (Å²) >= 11 is 0. The number of benzene rings is 2. The summed E-state index contributed by atoms with van der Waals surface area (Å²) in [5.74, 6) is -4.16. The Hall–Kier alpha value is -3.82. The number of ether oxygens (including phenoxy) is 2. The number of esters is 2. The molecule has 0 aliphatic carbocycles. The normalized spacial score (nSPS) is 17.5. The number of hydrogen-bond donors (Lipinski definition) is 1. The van der Waals surface area contributed by atoms with Crippen molar-refractivity contribution in [1.29, 1.82) is 0 Å². The first-order valence-corrected chi connectivity index (χ1v) is 10.4. The molecule has 0 spiro atoms. The number of alkyl halides is 3. The zero-order chi connectivity index (χ0) is 24.6. The quantitative estimate of drug-likeness (QED) is 0.561. The van der Waals surface area contributed by atoms with Crippen molar-refractivity contribution in [3.05, 3.63) is 65.4 Å². The summed E-state index contributed by atoms with van der Waals surface area (Å²) in [6.45, 7) is 0. The lowest BCUT2D eigenvalue weighted by Crippen LogP contribution is -2.43. The number of H-pyrrole nitrogens is 1. The SMILES string of the molecule is COC(=O)Cc1c([C@H]2[C@H](CC(=O)OC)c3ccccc3N2C(=O)C(F)(F)F)[nH]c2ccccc12. The molecule has 0 bridgehead atoms. The zero-order valence-electron chi connectivity index (χ0n) is 18.3. The van der Waals surface area contributed by atoms with Crippen LogP contribution in [0.1, 0.15) is 35.2 Å². The van der Waals surface area contributed by atoms with Crippen LogP contribution >= 0.6 is 0 Å². The summed E-state index contributed by atoms with van der Waals surface area (Å²) in [6, 6.07) is 11.8. The van der Waals surface area contributed by atoms with Gasteiger partial charge in [0.15, 0.2) is 0 Å². The van der Waals surface area contributed by atoms with Gasteiger partial charge in [-0.05, 0) is 23.3 Å². The van der Waals surface area contributed by atoms with Gasteiger partial charge in [-0.1, -0.05) is 36.4 Å². The molecule has 178 valence electrons. The van der Waals surface area contributed by atoms with Crippen LogP contribution in [0, 0.1) is 0 Å². The number of nitrogens with zero attached hydrogens (tertiary/aromatic N) is 1. The van der Waals surface area contributed by atoms with Crippen molar-refractivity contribution in [2.24, 2.45) is 0 Å². The molecule has 2 heterocycles. The maximum atomic E-state index is 13.7. The largest absolute Gasteiger partial charge is 0.471 e. The first-order valence-electron chi connectivity index (χ1n) is 10.4. The minimum Gasteiger partial charge on any atom is -0.469 e. The Morgan fingerprint density at radius 3 is 2.29 bits per heavy atom. The lowest BCUT2D eigenvalue weighted by atomic mass is 9.88. The summed E-state index contributed by atoms with van der Waals surface area (Å²) in [7, 11) is 2.39. The molecule has 0 saturated carbocycles. The monoisotopic (exact) mass is 474 g/mol. The van der Waals surface area contributed by atoms with Gasteiger partial charge in [0.25, 0.3) is 0 Å². The van der Waals surface area contributed by atoms with Gasteiger partial charge in [-0.3, -0.25) is 19.3 Å². The Kier molecular flexibility index (Phi) is 6.07. The lowest BCUT2D eigenvalue weighted by molar-refractivity contribution is -0.171. The fourth-order valence-electron chi connectivity index (χ4n) is 4.59. The zero-order valence-corrected chi connectivity index (χ0v) is 18.3. The van der Waals surface area contributed by atoms with E-state index in [2.05, 4.69) is 4.98 Å². The highest BCUT2D eigenvalue weighted by Gasteiger charge is 2.52. The molecule has 1 aromatic heterocycles. The number of anilines is 1. The second-order valence-electron chi connectivity index (χ2n) is 7.88.